The normalized spacial score (nSPS) is 11.8. The second-order valence-corrected chi connectivity index (χ2v) is 4.43. The molecular formula is C16H17NO3. The van der Waals surface area contributed by atoms with E-state index in [0.717, 1.165) is 5.56 Å². The third-order valence-electron chi connectivity index (χ3n) is 2.83. The van der Waals surface area contributed by atoms with Crippen molar-refractivity contribution in [2.75, 3.05) is 0 Å². The first-order valence-electron chi connectivity index (χ1n) is 6.43. The van der Waals surface area contributed by atoms with Crippen LogP contribution in [0.5, 0.6) is 0 Å². The van der Waals surface area contributed by atoms with Crippen molar-refractivity contribution in [2.24, 2.45) is 0 Å². The summed E-state index contributed by atoms with van der Waals surface area (Å²) in [5.41, 5.74) is 4.02. The zero-order chi connectivity index (χ0) is 14.2. The van der Waals surface area contributed by atoms with Gasteiger partial charge in [-0.2, -0.15) is 0 Å². The van der Waals surface area contributed by atoms with Gasteiger partial charge in [-0.05, 0) is 11.1 Å². The fourth-order valence-corrected chi connectivity index (χ4v) is 1.78. The highest BCUT2D eigenvalue weighted by Gasteiger charge is 2.12. The van der Waals surface area contributed by atoms with Gasteiger partial charge < -0.3 is 5.11 Å². The Morgan fingerprint density at radius 2 is 1.65 bits per heavy atom. The Bertz CT molecular complexity index is 528. The molecule has 104 valence electrons. The van der Waals surface area contributed by atoms with Crippen molar-refractivity contribution in [3.05, 3.63) is 71.8 Å². The molecule has 0 aliphatic heterocycles. The van der Waals surface area contributed by atoms with Gasteiger partial charge in [0.15, 0.2) is 0 Å². The number of aliphatic hydroxyl groups excluding tert-OH is 1. The largest absolute Gasteiger partial charge is 0.388 e. The monoisotopic (exact) mass is 271 g/mol. The summed E-state index contributed by atoms with van der Waals surface area (Å²) in [4.78, 5) is 16.7. The number of carbonyl (C=O) groups excluding carboxylic acids is 1. The second-order valence-electron chi connectivity index (χ2n) is 4.43. The molecule has 20 heavy (non-hydrogen) atoms. The van der Waals surface area contributed by atoms with E-state index in [1.807, 2.05) is 48.5 Å². The Morgan fingerprint density at radius 3 is 2.30 bits per heavy atom. The molecule has 2 aromatic carbocycles. The fraction of sp³-hybridized carbons (Fsp3) is 0.188. The number of carbonyl (C=O) groups is 1. The van der Waals surface area contributed by atoms with Gasteiger partial charge in [-0.1, -0.05) is 60.7 Å². The van der Waals surface area contributed by atoms with Crippen molar-refractivity contribution >= 4 is 5.91 Å². The minimum absolute atomic E-state index is 0.0290. The number of rotatable bonds is 6. The van der Waals surface area contributed by atoms with E-state index < -0.39 is 6.10 Å². The topological polar surface area (TPSA) is 58.6 Å². The van der Waals surface area contributed by atoms with Crippen LogP contribution in [0.2, 0.25) is 0 Å². The lowest BCUT2D eigenvalue weighted by Gasteiger charge is -2.11. The van der Waals surface area contributed by atoms with Crippen LogP contribution >= 0.6 is 0 Å². The third-order valence-corrected chi connectivity index (χ3v) is 2.83. The molecule has 0 saturated heterocycles. The van der Waals surface area contributed by atoms with Crippen LogP contribution in [-0.2, 0) is 16.2 Å². The van der Waals surface area contributed by atoms with Crippen molar-refractivity contribution < 1.29 is 14.7 Å². The zero-order valence-corrected chi connectivity index (χ0v) is 11.0. The highest BCUT2D eigenvalue weighted by Crippen LogP contribution is 2.15. The van der Waals surface area contributed by atoms with E-state index in [9.17, 15) is 9.90 Å². The first kappa shape index (κ1) is 14.2. The molecule has 4 nitrogen and oxygen atoms in total. The molecule has 0 radical (unpaired) electrons. The fourth-order valence-electron chi connectivity index (χ4n) is 1.78. The standard InChI is InChI=1S/C16H17NO3/c18-15(14-9-5-2-6-10-14)11-16(19)17-20-12-13-7-3-1-4-8-13/h1-10,15,18H,11-12H2,(H,17,19). The van der Waals surface area contributed by atoms with Crippen molar-refractivity contribution in [1.29, 1.82) is 0 Å². The molecule has 4 heteroatoms. The first-order valence-corrected chi connectivity index (χ1v) is 6.43. The van der Waals surface area contributed by atoms with Gasteiger partial charge in [0.1, 0.15) is 0 Å². The van der Waals surface area contributed by atoms with E-state index in [1.54, 1.807) is 12.1 Å². The lowest BCUT2D eigenvalue weighted by molar-refractivity contribution is -0.136. The van der Waals surface area contributed by atoms with E-state index in [1.165, 1.54) is 0 Å². The Kier molecular flexibility index (Phi) is 5.29. The summed E-state index contributed by atoms with van der Waals surface area (Å²) < 4.78 is 0. The van der Waals surface area contributed by atoms with Gasteiger partial charge in [-0.3, -0.25) is 9.63 Å². The molecule has 0 spiro atoms. The summed E-state index contributed by atoms with van der Waals surface area (Å²) in [7, 11) is 0. The van der Waals surface area contributed by atoms with Crippen molar-refractivity contribution in [1.82, 2.24) is 5.48 Å². The Labute approximate surface area is 118 Å². The van der Waals surface area contributed by atoms with Crippen LogP contribution in [0.1, 0.15) is 23.7 Å². The zero-order valence-electron chi connectivity index (χ0n) is 11.0. The van der Waals surface area contributed by atoms with Gasteiger partial charge in [0.2, 0.25) is 5.91 Å². The summed E-state index contributed by atoms with van der Waals surface area (Å²) in [6.45, 7) is 0.300. The summed E-state index contributed by atoms with van der Waals surface area (Å²) in [6, 6.07) is 18.6. The van der Waals surface area contributed by atoms with Crippen molar-refractivity contribution in [3.63, 3.8) is 0 Å². The van der Waals surface area contributed by atoms with Crippen LogP contribution in [0.4, 0.5) is 0 Å². The minimum atomic E-state index is -0.823. The molecule has 1 unspecified atom stereocenters. The van der Waals surface area contributed by atoms with Gasteiger partial charge in [0.05, 0.1) is 19.1 Å². The van der Waals surface area contributed by atoms with Gasteiger partial charge in [-0.15, -0.1) is 0 Å². The molecule has 1 amide bonds. The summed E-state index contributed by atoms with van der Waals surface area (Å²) in [5.74, 6) is -0.350. The maximum Gasteiger partial charge on any atom is 0.246 e. The highest BCUT2D eigenvalue weighted by molar-refractivity contribution is 5.75. The molecule has 2 aromatic rings. The number of amides is 1. The second kappa shape index (κ2) is 7.43. The van der Waals surface area contributed by atoms with Crippen LogP contribution in [0.25, 0.3) is 0 Å². The number of aliphatic hydroxyl groups is 1. The van der Waals surface area contributed by atoms with E-state index >= 15 is 0 Å². The van der Waals surface area contributed by atoms with Crippen molar-refractivity contribution in [2.45, 2.75) is 19.1 Å². The maximum atomic E-state index is 11.6. The van der Waals surface area contributed by atoms with Gasteiger partial charge in [-0.25, -0.2) is 5.48 Å². The molecule has 2 N–H and O–H groups in total. The predicted octanol–water partition coefficient (Wildman–Crippen LogP) is 2.36. The lowest BCUT2D eigenvalue weighted by atomic mass is 10.1. The molecule has 0 bridgehead atoms. The van der Waals surface area contributed by atoms with Crippen molar-refractivity contribution in [3.8, 4) is 0 Å². The molecule has 1 atom stereocenters. The molecular weight excluding hydrogens is 254 g/mol. The smallest absolute Gasteiger partial charge is 0.246 e. The maximum absolute atomic E-state index is 11.6. The summed E-state index contributed by atoms with van der Waals surface area (Å²) in [6.07, 6.45) is -0.852. The molecule has 0 aromatic heterocycles. The molecule has 0 aliphatic carbocycles. The molecule has 2 rings (SSSR count). The number of benzene rings is 2. The third kappa shape index (κ3) is 4.50. The summed E-state index contributed by atoms with van der Waals surface area (Å²) >= 11 is 0. The Hall–Kier alpha value is -2.17. The van der Waals surface area contributed by atoms with E-state index in [2.05, 4.69) is 5.48 Å². The molecule has 0 fully saturated rings. The molecule has 0 aliphatic rings. The van der Waals surface area contributed by atoms with Crippen LogP contribution in [-0.4, -0.2) is 11.0 Å². The van der Waals surface area contributed by atoms with E-state index in [-0.39, 0.29) is 12.3 Å². The quantitative estimate of drug-likeness (QED) is 0.793. The van der Waals surface area contributed by atoms with Crippen LogP contribution in [0, 0.1) is 0 Å². The molecule has 0 heterocycles. The first-order chi connectivity index (χ1) is 9.75. The van der Waals surface area contributed by atoms with Crippen LogP contribution in [0.3, 0.4) is 0 Å². The SMILES string of the molecule is O=C(CC(O)c1ccccc1)NOCc1ccccc1. The Morgan fingerprint density at radius 1 is 1.05 bits per heavy atom. The van der Waals surface area contributed by atoms with Crippen LogP contribution < -0.4 is 5.48 Å². The minimum Gasteiger partial charge on any atom is -0.388 e. The molecule has 0 saturated carbocycles. The van der Waals surface area contributed by atoms with Crippen LogP contribution in [0.15, 0.2) is 60.7 Å². The van der Waals surface area contributed by atoms with Gasteiger partial charge in [0.25, 0.3) is 0 Å². The predicted molar refractivity (Wildman–Crippen MR) is 75.4 cm³/mol. The van der Waals surface area contributed by atoms with Gasteiger partial charge in [0, 0.05) is 0 Å². The van der Waals surface area contributed by atoms with Gasteiger partial charge >= 0.3 is 0 Å². The average Bonchev–Trinajstić information content (AvgIpc) is 2.49. The van der Waals surface area contributed by atoms with E-state index in [4.69, 9.17) is 4.84 Å². The number of hydroxylamine groups is 1. The Balaban J connectivity index is 1.73. The number of hydrogen-bond donors (Lipinski definition) is 2. The average molecular weight is 271 g/mol. The van der Waals surface area contributed by atoms with E-state index in [0.29, 0.717) is 12.2 Å². The highest BCUT2D eigenvalue weighted by atomic mass is 16.6. The number of nitrogens with one attached hydrogen (secondary N) is 1. The summed E-state index contributed by atoms with van der Waals surface area (Å²) in [5, 5.41) is 9.89. The number of hydrogen-bond acceptors (Lipinski definition) is 3. The lowest BCUT2D eigenvalue weighted by Crippen LogP contribution is -2.25.